The first-order valence-electron chi connectivity index (χ1n) is 16.5. The molecular formula is C37H46F3N5O3. The van der Waals surface area contributed by atoms with Gasteiger partial charge in [0.15, 0.2) is 0 Å². The number of halogens is 3. The molecule has 0 aliphatic carbocycles. The summed E-state index contributed by atoms with van der Waals surface area (Å²) in [6.45, 7) is 6.73. The zero-order valence-electron chi connectivity index (χ0n) is 27.8. The number of amides is 2. The predicted octanol–water partition coefficient (Wildman–Crippen LogP) is 5.36. The molecule has 0 saturated heterocycles. The third-order valence-corrected chi connectivity index (χ3v) is 8.85. The molecule has 3 aromatic carbocycles. The van der Waals surface area contributed by atoms with Crippen molar-refractivity contribution >= 4 is 17.5 Å². The number of primary amides is 1. The number of anilines is 1. The Bertz CT molecular complexity index is 1570. The van der Waals surface area contributed by atoms with Gasteiger partial charge in [-0.05, 0) is 61.1 Å². The number of aliphatic hydroxyl groups is 1. The first-order valence-corrected chi connectivity index (χ1v) is 16.5. The lowest BCUT2D eigenvalue weighted by Gasteiger charge is -2.38. The van der Waals surface area contributed by atoms with Crippen LogP contribution in [-0.2, 0) is 35.2 Å². The number of nitrogens with two attached hydrogens (primary N) is 1. The zero-order chi connectivity index (χ0) is 34.9. The summed E-state index contributed by atoms with van der Waals surface area (Å²) in [6.07, 6.45) is -1.53. The zero-order valence-corrected chi connectivity index (χ0v) is 27.8. The van der Waals surface area contributed by atoms with Crippen LogP contribution < -0.4 is 21.4 Å². The highest BCUT2D eigenvalue weighted by atomic mass is 19.4. The molecule has 1 heterocycles. The molecule has 1 unspecified atom stereocenters. The van der Waals surface area contributed by atoms with Crippen LogP contribution in [0.3, 0.4) is 0 Å². The lowest BCUT2D eigenvalue weighted by atomic mass is 9.76. The number of aryl methyl sites for hydroxylation is 1. The number of hydrogen-bond donors (Lipinski definition) is 4. The Hall–Kier alpha value is -4.19. The molecule has 4 rings (SSSR count). The van der Waals surface area contributed by atoms with Gasteiger partial charge in [-0.1, -0.05) is 87.0 Å². The molecule has 8 nitrogen and oxygen atoms in total. The fourth-order valence-corrected chi connectivity index (χ4v) is 6.23. The van der Waals surface area contributed by atoms with Crippen LogP contribution in [0, 0.1) is 5.92 Å². The maximum atomic E-state index is 14.4. The summed E-state index contributed by atoms with van der Waals surface area (Å²) in [5.74, 6) is -1.93. The Labute approximate surface area is 280 Å². The van der Waals surface area contributed by atoms with E-state index in [2.05, 4.69) is 17.7 Å². The third kappa shape index (κ3) is 8.44. The van der Waals surface area contributed by atoms with Crippen molar-refractivity contribution in [3.63, 3.8) is 0 Å². The van der Waals surface area contributed by atoms with Crippen molar-refractivity contribution in [3.05, 3.63) is 113 Å². The standard InChI is InChI=1S/C37H46F3N5O3/c1-4-7-20-44(31-19-12-11-17-28(31)5-2)34(47)32-23-36(35(41)48,43-45(32)6-3)30(22-26-14-9-8-10-15-26)33(46)25-42-24-27-16-13-18-29(21-27)37(38,39)40/h8-19,21,23,30,33,42-43,46H,4-7,20,22,24-25H2,1-3H3,(H2,41,48)/t30-,33+,36?/m1/s1. The molecule has 11 heteroatoms. The smallest absolute Gasteiger partial charge is 0.391 e. The minimum Gasteiger partial charge on any atom is -0.391 e. The van der Waals surface area contributed by atoms with Gasteiger partial charge in [-0.2, -0.15) is 13.2 Å². The van der Waals surface area contributed by atoms with E-state index in [0.717, 1.165) is 48.2 Å². The fraction of sp³-hybridized carbons (Fsp3) is 0.405. The Balaban J connectivity index is 1.70. The molecule has 5 N–H and O–H groups in total. The van der Waals surface area contributed by atoms with E-state index in [-0.39, 0.29) is 31.1 Å². The second-order valence-corrected chi connectivity index (χ2v) is 12.1. The van der Waals surface area contributed by atoms with Gasteiger partial charge in [0.2, 0.25) is 5.91 Å². The number of para-hydroxylation sites is 1. The van der Waals surface area contributed by atoms with Gasteiger partial charge in [0.1, 0.15) is 11.2 Å². The molecule has 0 spiro atoms. The maximum Gasteiger partial charge on any atom is 0.416 e. The van der Waals surface area contributed by atoms with Crippen LogP contribution in [0.15, 0.2) is 90.6 Å². The SMILES string of the molecule is CCCCN(C(=O)C1=CC(C(N)=O)([C@H](Cc2ccccc2)[C@@H](O)CNCc2cccc(C(F)(F)F)c2)NN1CC)c1ccccc1CC. The van der Waals surface area contributed by atoms with E-state index in [1.165, 1.54) is 6.07 Å². The molecule has 1 aliphatic rings. The topological polar surface area (TPSA) is 111 Å². The number of aliphatic hydroxyl groups excluding tert-OH is 1. The molecular weight excluding hydrogens is 619 g/mol. The number of carbonyl (C=O) groups is 2. The summed E-state index contributed by atoms with van der Waals surface area (Å²) < 4.78 is 39.8. The number of carbonyl (C=O) groups excluding carboxylic acids is 2. The lowest BCUT2D eigenvalue weighted by molar-refractivity contribution is -0.137. The quantitative estimate of drug-likeness (QED) is 0.164. The molecule has 0 saturated carbocycles. The van der Waals surface area contributed by atoms with Gasteiger partial charge in [-0.15, -0.1) is 0 Å². The number of nitrogens with zero attached hydrogens (tertiary/aromatic N) is 2. The lowest BCUT2D eigenvalue weighted by Crippen LogP contribution is -2.63. The van der Waals surface area contributed by atoms with Gasteiger partial charge >= 0.3 is 6.18 Å². The van der Waals surface area contributed by atoms with Crippen molar-refractivity contribution in [1.29, 1.82) is 0 Å². The average molecular weight is 666 g/mol. The highest BCUT2D eigenvalue weighted by Gasteiger charge is 2.52. The summed E-state index contributed by atoms with van der Waals surface area (Å²) in [6, 6.07) is 22.0. The first-order chi connectivity index (χ1) is 22.9. The van der Waals surface area contributed by atoms with Gasteiger partial charge in [0.05, 0.1) is 11.7 Å². The molecule has 3 aromatic rings. The minimum atomic E-state index is -4.48. The van der Waals surface area contributed by atoms with E-state index in [4.69, 9.17) is 5.73 Å². The number of nitrogens with one attached hydrogen (secondary N) is 2. The second kappa shape index (κ2) is 16.3. The summed E-state index contributed by atoms with van der Waals surface area (Å²) in [5.41, 5.74) is 10.2. The van der Waals surface area contributed by atoms with Crippen LogP contribution in [0.1, 0.15) is 55.9 Å². The highest BCUT2D eigenvalue weighted by Crippen LogP contribution is 2.35. The largest absolute Gasteiger partial charge is 0.416 e. The molecule has 0 radical (unpaired) electrons. The number of alkyl halides is 3. The molecule has 48 heavy (non-hydrogen) atoms. The van der Waals surface area contributed by atoms with E-state index in [0.29, 0.717) is 18.7 Å². The predicted molar refractivity (Wildman–Crippen MR) is 181 cm³/mol. The fourth-order valence-electron chi connectivity index (χ4n) is 6.23. The highest BCUT2D eigenvalue weighted by molar-refractivity contribution is 6.07. The minimum absolute atomic E-state index is 0.0554. The van der Waals surface area contributed by atoms with Crippen molar-refractivity contribution in [1.82, 2.24) is 15.8 Å². The first kappa shape index (κ1) is 36.6. The summed E-state index contributed by atoms with van der Waals surface area (Å²) in [7, 11) is 0. The number of rotatable bonds is 16. The van der Waals surface area contributed by atoms with Crippen LogP contribution in [0.2, 0.25) is 0 Å². The normalized spacial score (nSPS) is 17.6. The van der Waals surface area contributed by atoms with E-state index >= 15 is 0 Å². The van der Waals surface area contributed by atoms with Crippen molar-refractivity contribution < 1.29 is 27.9 Å². The van der Waals surface area contributed by atoms with Gasteiger partial charge in [-0.3, -0.25) is 9.59 Å². The van der Waals surface area contributed by atoms with Crippen LogP contribution in [0.25, 0.3) is 0 Å². The molecule has 258 valence electrons. The van der Waals surface area contributed by atoms with Crippen LogP contribution in [0.5, 0.6) is 0 Å². The second-order valence-electron chi connectivity index (χ2n) is 12.1. The molecule has 0 bridgehead atoms. The summed E-state index contributed by atoms with van der Waals surface area (Å²) in [4.78, 5) is 29.7. The molecule has 1 aliphatic heterocycles. The maximum absolute atomic E-state index is 14.4. The van der Waals surface area contributed by atoms with E-state index in [1.807, 2.05) is 68.4 Å². The molecule has 3 atom stereocenters. The number of hydrazine groups is 1. The van der Waals surface area contributed by atoms with Crippen molar-refractivity contribution in [2.45, 2.75) is 70.8 Å². The summed E-state index contributed by atoms with van der Waals surface area (Å²) >= 11 is 0. The molecule has 0 aromatic heterocycles. The van der Waals surface area contributed by atoms with E-state index < -0.39 is 35.2 Å². The van der Waals surface area contributed by atoms with Gasteiger partial charge in [-0.25, -0.2) is 5.43 Å². The Morgan fingerprint density at radius 3 is 2.33 bits per heavy atom. The Kier molecular flexibility index (Phi) is 12.4. The van der Waals surface area contributed by atoms with Crippen molar-refractivity contribution in [2.24, 2.45) is 11.7 Å². The van der Waals surface area contributed by atoms with E-state index in [9.17, 15) is 27.9 Å². The van der Waals surface area contributed by atoms with E-state index in [1.54, 1.807) is 22.1 Å². The van der Waals surface area contributed by atoms with Crippen molar-refractivity contribution in [2.75, 3.05) is 24.5 Å². The summed E-state index contributed by atoms with van der Waals surface area (Å²) in [5, 5.41) is 16.4. The van der Waals surface area contributed by atoms with Gasteiger partial charge < -0.3 is 26.1 Å². The Morgan fingerprint density at radius 2 is 1.69 bits per heavy atom. The van der Waals surface area contributed by atoms with Crippen LogP contribution in [0.4, 0.5) is 18.9 Å². The number of likely N-dealkylation sites (N-methyl/N-ethyl adjacent to an activating group) is 1. The average Bonchev–Trinajstić information content (AvgIpc) is 3.49. The number of unbranched alkanes of at least 4 members (excludes halogenated alkanes) is 1. The number of benzene rings is 3. The van der Waals surface area contributed by atoms with Crippen molar-refractivity contribution in [3.8, 4) is 0 Å². The number of hydrogen-bond acceptors (Lipinski definition) is 6. The van der Waals surface area contributed by atoms with Crippen LogP contribution >= 0.6 is 0 Å². The van der Waals surface area contributed by atoms with Gasteiger partial charge in [0, 0.05) is 37.8 Å². The Morgan fingerprint density at radius 1 is 1.00 bits per heavy atom. The molecule has 2 amide bonds. The molecule has 0 fully saturated rings. The van der Waals surface area contributed by atoms with Gasteiger partial charge in [0.25, 0.3) is 5.91 Å². The van der Waals surface area contributed by atoms with Crippen LogP contribution in [-0.4, -0.2) is 53.2 Å². The third-order valence-electron chi connectivity index (χ3n) is 8.85. The monoisotopic (exact) mass is 665 g/mol.